The maximum atomic E-state index is 9.21. The van der Waals surface area contributed by atoms with Crippen molar-refractivity contribution in [3.8, 4) is 0 Å². The van der Waals surface area contributed by atoms with Crippen LogP contribution in [0.25, 0.3) is 0 Å². The fourth-order valence-electron chi connectivity index (χ4n) is 1.34. The Morgan fingerprint density at radius 2 is 2.19 bits per heavy atom. The Morgan fingerprint density at radius 3 is 2.81 bits per heavy atom. The summed E-state index contributed by atoms with van der Waals surface area (Å²) < 4.78 is 0. The summed E-state index contributed by atoms with van der Waals surface area (Å²) in [5.41, 5.74) is 4.80. The summed E-state index contributed by atoms with van der Waals surface area (Å²) in [6, 6.07) is 7.43. The van der Waals surface area contributed by atoms with Crippen molar-refractivity contribution in [2.75, 3.05) is 20.8 Å². The highest BCUT2D eigenvalue weighted by molar-refractivity contribution is 6.02. The lowest BCUT2D eigenvalue weighted by Gasteiger charge is -2.09. The van der Waals surface area contributed by atoms with Gasteiger partial charge in [0.15, 0.2) is 0 Å². The monoisotopic (exact) mass is 224 g/mol. The lowest BCUT2D eigenvalue weighted by atomic mass is 10.0. The van der Waals surface area contributed by atoms with Crippen molar-refractivity contribution in [2.45, 2.75) is 6.61 Å². The summed E-state index contributed by atoms with van der Waals surface area (Å²) in [5, 5.41) is 13.1. The third kappa shape index (κ3) is 3.30. The molecule has 0 spiro atoms. The highest BCUT2D eigenvalue weighted by Gasteiger charge is 2.09. The van der Waals surface area contributed by atoms with Gasteiger partial charge < -0.3 is 9.94 Å². The van der Waals surface area contributed by atoms with E-state index in [1.54, 1.807) is 7.05 Å². The van der Waals surface area contributed by atoms with Gasteiger partial charge in [0.2, 0.25) is 0 Å². The minimum atomic E-state index is -0.0432. The largest absolute Gasteiger partial charge is 0.399 e. The molecule has 88 valence electrons. The van der Waals surface area contributed by atoms with Gasteiger partial charge in [0.05, 0.1) is 6.61 Å². The first-order valence-corrected chi connectivity index (χ1v) is 4.91. The van der Waals surface area contributed by atoms with Crippen molar-refractivity contribution in [1.29, 1.82) is 0 Å². The van der Waals surface area contributed by atoms with Gasteiger partial charge in [-0.25, -0.2) is 5.48 Å². The van der Waals surface area contributed by atoms with Crippen molar-refractivity contribution in [3.05, 3.63) is 35.4 Å². The molecule has 5 nitrogen and oxygen atoms in total. The first-order valence-electron chi connectivity index (χ1n) is 4.91. The Hall–Kier alpha value is -1.43. The second kappa shape index (κ2) is 6.95. The number of hydrogen-bond acceptors (Lipinski definition) is 5. The first kappa shape index (κ1) is 12.6. The maximum Gasteiger partial charge on any atom is 0.115 e. The number of aliphatic hydroxyl groups is 1. The molecule has 2 N–H and O–H groups in total. The number of hydrogen-bond donors (Lipinski definition) is 2. The highest BCUT2D eigenvalue weighted by Crippen LogP contribution is 2.10. The zero-order valence-electron chi connectivity index (χ0n) is 9.43. The average Bonchev–Trinajstić information content (AvgIpc) is 2.34. The first-order chi connectivity index (χ1) is 7.83. The van der Waals surface area contributed by atoms with E-state index in [1.807, 2.05) is 24.3 Å². The Kier molecular flexibility index (Phi) is 5.49. The van der Waals surface area contributed by atoms with Gasteiger partial charge in [-0.2, -0.15) is 0 Å². The van der Waals surface area contributed by atoms with E-state index in [0.717, 1.165) is 11.1 Å². The van der Waals surface area contributed by atoms with Crippen LogP contribution in [0.3, 0.4) is 0 Å². The predicted octanol–water partition coefficient (Wildman–Crippen LogP) is 0.680. The molecule has 0 fully saturated rings. The molecule has 16 heavy (non-hydrogen) atoms. The van der Waals surface area contributed by atoms with Crippen molar-refractivity contribution < 1.29 is 14.8 Å². The number of rotatable bonds is 6. The summed E-state index contributed by atoms with van der Waals surface area (Å²) in [5.74, 6) is 0. The van der Waals surface area contributed by atoms with Crippen LogP contribution in [0.5, 0.6) is 0 Å². The molecule has 0 bridgehead atoms. The van der Waals surface area contributed by atoms with Gasteiger partial charge in [-0.1, -0.05) is 29.4 Å². The van der Waals surface area contributed by atoms with Crippen LogP contribution in [0.15, 0.2) is 29.4 Å². The number of aliphatic hydroxyl groups excluding tert-OH is 1. The molecular weight excluding hydrogens is 208 g/mol. The molecule has 5 heteroatoms. The normalized spacial score (nSPS) is 11.6. The summed E-state index contributed by atoms with van der Waals surface area (Å²) in [6.07, 6.45) is 0. The van der Waals surface area contributed by atoms with E-state index in [0.29, 0.717) is 5.71 Å². The molecule has 0 atom stereocenters. The standard InChI is InChI=1S/C11H16N2O3/c1-12-16-8-11(13-15-2)10-6-4-3-5-9(10)7-14/h3-6,12,14H,7-8H2,1-2H3/b13-11-. The Morgan fingerprint density at radius 1 is 1.44 bits per heavy atom. The van der Waals surface area contributed by atoms with E-state index in [4.69, 9.17) is 9.68 Å². The Bertz CT molecular complexity index is 353. The fraction of sp³-hybridized carbons (Fsp3) is 0.364. The topological polar surface area (TPSA) is 63.1 Å². The molecule has 0 aromatic heterocycles. The zero-order valence-corrected chi connectivity index (χ0v) is 9.43. The van der Waals surface area contributed by atoms with Crippen LogP contribution in [0.2, 0.25) is 0 Å². The molecule has 0 aliphatic heterocycles. The third-order valence-corrected chi connectivity index (χ3v) is 2.05. The Balaban J connectivity index is 2.96. The average molecular weight is 224 g/mol. The van der Waals surface area contributed by atoms with Gasteiger partial charge in [0.25, 0.3) is 0 Å². The van der Waals surface area contributed by atoms with Gasteiger partial charge in [0, 0.05) is 12.6 Å². The van der Waals surface area contributed by atoms with Crippen LogP contribution in [0.4, 0.5) is 0 Å². The molecule has 0 saturated heterocycles. The molecular formula is C11H16N2O3. The molecule has 1 aromatic rings. The fourth-order valence-corrected chi connectivity index (χ4v) is 1.34. The van der Waals surface area contributed by atoms with Crippen molar-refractivity contribution in [3.63, 3.8) is 0 Å². The van der Waals surface area contributed by atoms with Gasteiger partial charge >= 0.3 is 0 Å². The zero-order chi connectivity index (χ0) is 11.8. The number of nitrogens with one attached hydrogen (secondary N) is 1. The molecule has 0 heterocycles. The molecule has 0 amide bonds. The summed E-state index contributed by atoms with van der Waals surface area (Å²) in [4.78, 5) is 9.81. The minimum absolute atomic E-state index is 0.0432. The van der Waals surface area contributed by atoms with Gasteiger partial charge in [-0.05, 0) is 5.56 Å². The maximum absolute atomic E-state index is 9.21. The minimum Gasteiger partial charge on any atom is -0.399 e. The van der Waals surface area contributed by atoms with Crippen LogP contribution >= 0.6 is 0 Å². The second-order valence-corrected chi connectivity index (χ2v) is 3.03. The molecule has 0 unspecified atom stereocenters. The summed E-state index contributed by atoms with van der Waals surface area (Å²) >= 11 is 0. The SMILES string of the molecule is CNOC/C(=N/OC)c1ccccc1CO. The van der Waals surface area contributed by atoms with Crippen LogP contribution < -0.4 is 5.48 Å². The van der Waals surface area contributed by atoms with E-state index in [9.17, 15) is 5.11 Å². The van der Waals surface area contributed by atoms with Crippen molar-refractivity contribution >= 4 is 5.71 Å². The molecule has 1 aromatic carbocycles. The van der Waals surface area contributed by atoms with Crippen LogP contribution in [0.1, 0.15) is 11.1 Å². The van der Waals surface area contributed by atoms with Gasteiger partial charge in [-0.15, -0.1) is 0 Å². The molecule has 1 rings (SSSR count). The molecule has 0 aliphatic carbocycles. The molecule has 0 radical (unpaired) electrons. The van der Waals surface area contributed by atoms with E-state index in [-0.39, 0.29) is 13.2 Å². The third-order valence-electron chi connectivity index (χ3n) is 2.05. The van der Waals surface area contributed by atoms with E-state index >= 15 is 0 Å². The van der Waals surface area contributed by atoms with Crippen molar-refractivity contribution in [2.24, 2.45) is 5.16 Å². The lowest BCUT2D eigenvalue weighted by molar-refractivity contribution is 0.0866. The quantitative estimate of drug-likeness (QED) is 0.551. The second-order valence-electron chi connectivity index (χ2n) is 3.03. The number of oxime groups is 1. The molecule has 0 saturated carbocycles. The highest BCUT2D eigenvalue weighted by atomic mass is 16.6. The summed E-state index contributed by atoms with van der Waals surface area (Å²) in [6.45, 7) is 0.222. The van der Waals surface area contributed by atoms with Crippen LogP contribution in [-0.2, 0) is 16.3 Å². The van der Waals surface area contributed by atoms with Crippen LogP contribution in [0, 0.1) is 0 Å². The smallest absolute Gasteiger partial charge is 0.115 e. The Labute approximate surface area is 94.6 Å². The van der Waals surface area contributed by atoms with E-state index in [1.165, 1.54) is 7.11 Å². The van der Waals surface area contributed by atoms with Gasteiger partial charge in [-0.3, -0.25) is 4.84 Å². The summed E-state index contributed by atoms with van der Waals surface area (Å²) in [7, 11) is 3.14. The van der Waals surface area contributed by atoms with E-state index in [2.05, 4.69) is 10.6 Å². The van der Waals surface area contributed by atoms with Crippen molar-refractivity contribution in [1.82, 2.24) is 5.48 Å². The number of nitrogens with zero attached hydrogens (tertiary/aromatic N) is 1. The van der Waals surface area contributed by atoms with Gasteiger partial charge in [0.1, 0.15) is 19.4 Å². The van der Waals surface area contributed by atoms with E-state index < -0.39 is 0 Å². The molecule has 0 aliphatic rings. The number of hydroxylamine groups is 1. The predicted molar refractivity (Wildman–Crippen MR) is 60.9 cm³/mol. The lowest BCUT2D eigenvalue weighted by Crippen LogP contribution is -2.18. The number of benzene rings is 1. The van der Waals surface area contributed by atoms with Crippen LogP contribution in [-0.4, -0.2) is 31.6 Å².